The number of guanidine groups is 1. The number of nitrogens with one attached hydrogen (secondary N) is 1. The van der Waals surface area contributed by atoms with Gasteiger partial charge in [-0.1, -0.05) is 25.3 Å². The Hall–Kier alpha value is -1.16. The molecular weight excluding hydrogens is 471 g/mol. The van der Waals surface area contributed by atoms with Gasteiger partial charge in [0.1, 0.15) is 12.2 Å². The molecule has 0 amide bonds. The Labute approximate surface area is 183 Å². The van der Waals surface area contributed by atoms with Crippen LogP contribution < -0.4 is 5.32 Å². The molecule has 1 saturated carbocycles. The van der Waals surface area contributed by atoms with Crippen molar-refractivity contribution in [3.63, 3.8) is 0 Å². The van der Waals surface area contributed by atoms with Gasteiger partial charge in [0.15, 0.2) is 5.96 Å². The fraction of sp³-hybridized carbons (Fsp3) is 0.632. The second-order valence-corrected chi connectivity index (χ2v) is 8.09. The van der Waals surface area contributed by atoms with Crippen molar-refractivity contribution in [2.24, 2.45) is 12.0 Å². The van der Waals surface area contributed by atoms with Crippen molar-refractivity contribution in [3.8, 4) is 0 Å². The van der Waals surface area contributed by atoms with E-state index >= 15 is 0 Å². The van der Waals surface area contributed by atoms with Crippen LogP contribution in [0, 0.1) is 0 Å². The van der Waals surface area contributed by atoms with Crippen molar-refractivity contribution in [1.29, 1.82) is 0 Å². The lowest BCUT2D eigenvalue weighted by molar-refractivity contribution is 0.304. The van der Waals surface area contributed by atoms with Gasteiger partial charge in [0, 0.05) is 30.9 Å². The zero-order chi connectivity index (χ0) is 18.4. The van der Waals surface area contributed by atoms with Crippen LogP contribution in [0.15, 0.2) is 28.8 Å². The third-order valence-electron chi connectivity index (χ3n) is 5.27. The molecule has 0 radical (unpaired) electrons. The van der Waals surface area contributed by atoms with Gasteiger partial charge in [0.25, 0.3) is 0 Å². The Kier molecular flexibility index (Phi) is 8.53. The zero-order valence-electron chi connectivity index (χ0n) is 16.5. The lowest BCUT2D eigenvalue weighted by Gasteiger charge is -2.36. The predicted octanol–water partition coefficient (Wildman–Crippen LogP) is 3.79. The lowest BCUT2D eigenvalue weighted by Crippen LogP contribution is -2.41. The van der Waals surface area contributed by atoms with Crippen LogP contribution in [0.2, 0.25) is 0 Å². The molecule has 2 heterocycles. The third-order valence-corrected chi connectivity index (χ3v) is 6.38. The van der Waals surface area contributed by atoms with Crippen LogP contribution >= 0.6 is 35.3 Å². The molecular formula is C19H31IN6S. The molecule has 2 aromatic heterocycles. The van der Waals surface area contributed by atoms with Crippen LogP contribution in [0.3, 0.4) is 0 Å². The maximum Gasteiger partial charge on any atom is 0.194 e. The number of aliphatic imine (C=N–C) groups is 1. The van der Waals surface area contributed by atoms with Crippen molar-refractivity contribution < 1.29 is 0 Å². The lowest BCUT2D eigenvalue weighted by atomic mass is 9.73. The molecule has 1 N–H and O–H groups in total. The van der Waals surface area contributed by atoms with Gasteiger partial charge in [-0.05, 0) is 31.2 Å². The Bertz CT molecular complexity index is 706. The number of halogens is 1. The summed E-state index contributed by atoms with van der Waals surface area (Å²) < 4.78 is 1.81. The first kappa shape index (κ1) is 22.1. The van der Waals surface area contributed by atoms with Gasteiger partial charge in [-0.3, -0.25) is 9.67 Å². The number of nitrogens with zero attached hydrogens (tertiary/aromatic N) is 5. The molecule has 3 rings (SSSR count). The van der Waals surface area contributed by atoms with E-state index in [9.17, 15) is 0 Å². The molecule has 6 nitrogen and oxygen atoms in total. The van der Waals surface area contributed by atoms with E-state index in [1.54, 1.807) is 6.33 Å². The molecule has 1 aliphatic carbocycles. The standard InChI is InChI=1S/C19H30N6S.HI/c1-4-20-18(24(2)13-17-22-15-23-25(17)3)21-14-19(10-6-5-7-11-19)16-9-8-12-26-16;/h8-9,12,15H,4-7,10-11,13-14H2,1-3H3,(H,20,21);1H. The van der Waals surface area contributed by atoms with E-state index in [-0.39, 0.29) is 29.4 Å². The van der Waals surface area contributed by atoms with Crippen molar-refractivity contribution in [1.82, 2.24) is 25.0 Å². The second-order valence-electron chi connectivity index (χ2n) is 7.14. The van der Waals surface area contributed by atoms with E-state index in [0.29, 0.717) is 6.54 Å². The summed E-state index contributed by atoms with van der Waals surface area (Å²) in [5.74, 6) is 1.88. The topological polar surface area (TPSA) is 58.3 Å². The van der Waals surface area contributed by atoms with Gasteiger partial charge in [-0.2, -0.15) is 5.10 Å². The summed E-state index contributed by atoms with van der Waals surface area (Å²) in [6.45, 7) is 4.50. The zero-order valence-corrected chi connectivity index (χ0v) is 19.7. The van der Waals surface area contributed by atoms with E-state index in [0.717, 1.165) is 24.9 Å². The van der Waals surface area contributed by atoms with Crippen LogP contribution in [0.1, 0.15) is 49.7 Å². The Morgan fingerprint density at radius 1 is 1.37 bits per heavy atom. The normalized spacial score (nSPS) is 16.6. The van der Waals surface area contributed by atoms with Crippen LogP contribution in [0.5, 0.6) is 0 Å². The largest absolute Gasteiger partial charge is 0.357 e. The first-order valence-electron chi connectivity index (χ1n) is 9.51. The smallest absolute Gasteiger partial charge is 0.194 e. The molecule has 0 spiro atoms. The molecule has 150 valence electrons. The van der Waals surface area contributed by atoms with Gasteiger partial charge in [-0.25, -0.2) is 4.98 Å². The average Bonchev–Trinajstić information content (AvgIpc) is 3.32. The van der Waals surface area contributed by atoms with Gasteiger partial charge >= 0.3 is 0 Å². The number of aryl methyl sites for hydroxylation is 1. The molecule has 0 saturated heterocycles. The Morgan fingerprint density at radius 3 is 2.74 bits per heavy atom. The van der Waals surface area contributed by atoms with Gasteiger partial charge in [0.2, 0.25) is 0 Å². The van der Waals surface area contributed by atoms with Crippen LogP contribution in [-0.2, 0) is 19.0 Å². The van der Waals surface area contributed by atoms with Crippen LogP contribution in [0.25, 0.3) is 0 Å². The summed E-state index contributed by atoms with van der Waals surface area (Å²) in [5.41, 5.74) is 0.207. The number of thiophene rings is 1. The molecule has 0 unspecified atom stereocenters. The van der Waals surface area contributed by atoms with Crippen LogP contribution in [-0.4, -0.2) is 45.8 Å². The fourth-order valence-electron chi connectivity index (χ4n) is 3.74. The molecule has 1 aliphatic rings. The van der Waals surface area contributed by atoms with E-state index in [2.05, 4.69) is 51.8 Å². The summed E-state index contributed by atoms with van der Waals surface area (Å²) in [6, 6.07) is 4.47. The number of hydrogen-bond donors (Lipinski definition) is 1. The van der Waals surface area contributed by atoms with Crippen molar-refractivity contribution in [2.45, 2.75) is 51.0 Å². The first-order chi connectivity index (χ1) is 12.6. The fourth-order valence-corrected chi connectivity index (χ4v) is 4.72. The third kappa shape index (κ3) is 5.43. The summed E-state index contributed by atoms with van der Waals surface area (Å²) in [4.78, 5) is 13.0. The molecule has 27 heavy (non-hydrogen) atoms. The second kappa shape index (κ2) is 10.4. The highest BCUT2D eigenvalue weighted by atomic mass is 127. The van der Waals surface area contributed by atoms with Gasteiger partial charge in [-0.15, -0.1) is 35.3 Å². The first-order valence-corrected chi connectivity index (χ1v) is 10.4. The highest BCUT2D eigenvalue weighted by Gasteiger charge is 2.34. The highest BCUT2D eigenvalue weighted by molar-refractivity contribution is 14.0. The Morgan fingerprint density at radius 2 is 2.15 bits per heavy atom. The summed E-state index contributed by atoms with van der Waals surface area (Å²) in [5, 5.41) is 9.79. The molecule has 1 fully saturated rings. The van der Waals surface area contributed by atoms with Gasteiger partial charge < -0.3 is 10.2 Å². The number of hydrogen-bond acceptors (Lipinski definition) is 4. The number of aromatic nitrogens is 3. The van der Waals surface area contributed by atoms with E-state index in [1.165, 1.54) is 37.0 Å². The van der Waals surface area contributed by atoms with Crippen molar-refractivity contribution in [2.75, 3.05) is 20.1 Å². The number of rotatable bonds is 6. The predicted molar refractivity (Wildman–Crippen MR) is 123 cm³/mol. The van der Waals surface area contributed by atoms with E-state index < -0.39 is 0 Å². The minimum Gasteiger partial charge on any atom is -0.357 e. The maximum atomic E-state index is 5.06. The minimum atomic E-state index is 0. The minimum absolute atomic E-state index is 0. The Balaban J connectivity index is 0.00000261. The maximum absolute atomic E-state index is 5.06. The summed E-state index contributed by atoms with van der Waals surface area (Å²) in [7, 11) is 3.99. The quantitative estimate of drug-likeness (QED) is 0.371. The molecule has 0 atom stereocenters. The summed E-state index contributed by atoms with van der Waals surface area (Å²) >= 11 is 1.88. The van der Waals surface area contributed by atoms with Gasteiger partial charge in [0.05, 0.1) is 13.1 Å². The molecule has 2 aromatic rings. The van der Waals surface area contributed by atoms with Crippen molar-refractivity contribution in [3.05, 3.63) is 34.5 Å². The van der Waals surface area contributed by atoms with Crippen LogP contribution in [0.4, 0.5) is 0 Å². The van der Waals surface area contributed by atoms with E-state index in [1.807, 2.05) is 23.1 Å². The molecule has 8 heteroatoms. The monoisotopic (exact) mass is 502 g/mol. The van der Waals surface area contributed by atoms with Crippen molar-refractivity contribution >= 4 is 41.3 Å². The average molecular weight is 502 g/mol. The van der Waals surface area contributed by atoms with E-state index in [4.69, 9.17) is 4.99 Å². The molecule has 0 aromatic carbocycles. The molecule has 0 aliphatic heterocycles. The molecule has 0 bridgehead atoms. The summed E-state index contributed by atoms with van der Waals surface area (Å²) in [6.07, 6.45) is 8.04. The SMILES string of the molecule is CCNC(=NCC1(c2cccs2)CCCCC1)N(C)Cc1ncnn1C.I. The highest BCUT2D eigenvalue weighted by Crippen LogP contribution is 2.41.